The summed E-state index contributed by atoms with van der Waals surface area (Å²) in [5.41, 5.74) is 3.13. The molecule has 1 aromatic heterocycles. The summed E-state index contributed by atoms with van der Waals surface area (Å²) in [6.45, 7) is 8.40. The van der Waals surface area contributed by atoms with Crippen molar-refractivity contribution in [1.82, 2.24) is 14.8 Å². The molecule has 136 valence electrons. The second-order valence-electron chi connectivity index (χ2n) is 7.73. The Bertz CT molecular complexity index is 899. The van der Waals surface area contributed by atoms with E-state index >= 15 is 0 Å². The molecule has 0 saturated heterocycles. The molecule has 2 heterocycles. The summed E-state index contributed by atoms with van der Waals surface area (Å²) >= 11 is 1.62. The molecule has 1 aliphatic heterocycles. The molecule has 0 saturated carbocycles. The van der Waals surface area contributed by atoms with Gasteiger partial charge in [0.05, 0.1) is 12.0 Å². The van der Waals surface area contributed by atoms with E-state index in [9.17, 15) is 4.79 Å². The van der Waals surface area contributed by atoms with Crippen molar-refractivity contribution in [2.45, 2.75) is 45.3 Å². The highest BCUT2D eigenvalue weighted by Gasteiger charge is 2.45. The van der Waals surface area contributed by atoms with Crippen molar-refractivity contribution < 1.29 is 4.79 Å². The second kappa shape index (κ2) is 6.27. The zero-order valence-corrected chi connectivity index (χ0v) is 16.4. The van der Waals surface area contributed by atoms with Crippen LogP contribution in [0.2, 0.25) is 0 Å². The third-order valence-electron chi connectivity index (χ3n) is 5.09. The van der Waals surface area contributed by atoms with Gasteiger partial charge in [0.2, 0.25) is 11.1 Å². The minimum absolute atomic E-state index is 0.143. The fraction of sp³-hybridized carbons (Fsp3) is 0.450. The highest BCUT2D eigenvalue weighted by atomic mass is 32.2. The number of hydrogen-bond donors (Lipinski definition) is 1. The van der Waals surface area contributed by atoms with Crippen LogP contribution < -0.4 is 5.32 Å². The number of aryl methyl sites for hydroxylation is 1. The number of thioether (sulfide) groups is 1. The van der Waals surface area contributed by atoms with E-state index < -0.39 is 0 Å². The standard InChI is InChI=1S/C20H24N4OS/c1-5-26-19-22-18-21-14-10-20(3,4)11-15(25)16(14)17(24(18)23-19)13-9-7-6-8-12(13)2/h6-10,16-17H,5,11H2,1-4H3,(H,21,22,23)/t16-,17-/m0/s1. The molecule has 0 amide bonds. The third-order valence-corrected chi connectivity index (χ3v) is 5.81. The highest BCUT2D eigenvalue weighted by molar-refractivity contribution is 7.99. The molecule has 1 N–H and O–H groups in total. The van der Waals surface area contributed by atoms with Crippen molar-refractivity contribution in [3.8, 4) is 0 Å². The van der Waals surface area contributed by atoms with Crippen molar-refractivity contribution >= 4 is 23.5 Å². The molecule has 2 aliphatic rings. The molecule has 2 atom stereocenters. The number of nitrogens with zero attached hydrogens (tertiary/aromatic N) is 3. The summed E-state index contributed by atoms with van der Waals surface area (Å²) in [4.78, 5) is 17.8. The summed E-state index contributed by atoms with van der Waals surface area (Å²) in [6, 6.07) is 8.11. The van der Waals surface area contributed by atoms with Crippen molar-refractivity contribution in [1.29, 1.82) is 0 Å². The number of Topliss-reactive ketones (excluding diaryl/α,β-unsaturated/α-hetero) is 1. The number of anilines is 1. The Hall–Kier alpha value is -2.08. The van der Waals surface area contributed by atoms with Crippen LogP contribution in [0.5, 0.6) is 0 Å². The van der Waals surface area contributed by atoms with Crippen LogP contribution in [0.4, 0.5) is 5.95 Å². The molecule has 6 heteroatoms. The number of nitrogens with one attached hydrogen (secondary N) is 1. The Morgan fingerprint density at radius 2 is 2.12 bits per heavy atom. The maximum absolute atomic E-state index is 13.1. The first-order valence-electron chi connectivity index (χ1n) is 9.07. The first-order chi connectivity index (χ1) is 12.4. The van der Waals surface area contributed by atoms with Crippen LogP contribution in [0, 0.1) is 18.3 Å². The fourth-order valence-corrected chi connectivity index (χ4v) is 4.58. The van der Waals surface area contributed by atoms with E-state index in [0.29, 0.717) is 6.42 Å². The van der Waals surface area contributed by atoms with E-state index in [1.165, 1.54) is 5.56 Å². The summed E-state index contributed by atoms with van der Waals surface area (Å²) in [5, 5.41) is 8.88. The Kier molecular flexibility index (Phi) is 4.18. The van der Waals surface area contributed by atoms with Gasteiger partial charge in [0.1, 0.15) is 5.78 Å². The fourth-order valence-electron chi connectivity index (χ4n) is 4.03. The van der Waals surface area contributed by atoms with Crippen LogP contribution in [0.25, 0.3) is 0 Å². The van der Waals surface area contributed by atoms with Crippen LogP contribution >= 0.6 is 11.8 Å². The maximum Gasteiger partial charge on any atom is 0.227 e. The molecule has 0 spiro atoms. The number of aromatic nitrogens is 3. The first kappa shape index (κ1) is 17.3. The van der Waals surface area contributed by atoms with Gasteiger partial charge in [-0.05, 0) is 29.2 Å². The minimum atomic E-state index is -0.238. The van der Waals surface area contributed by atoms with Gasteiger partial charge in [0.15, 0.2) is 0 Å². The summed E-state index contributed by atoms with van der Waals surface area (Å²) in [5.74, 6) is 1.66. The van der Waals surface area contributed by atoms with E-state index in [4.69, 9.17) is 5.10 Å². The van der Waals surface area contributed by atoms with Gasteiger partial charge in [0.25, 0.3) is 0 Å². The number of ketones is 1. The Morgan fingerprint density at radius 3 is 2.85 bits per heavy atom. The topological polar surface area (TPSA) is 59.8 Å². The normalized spacial score (nSPS) is 23.7. The molecule has 0 bridgehead atoms. The Morgan fingerprint density at radius 1 is 1.35 bits per heavy atom. The number of fused-ring (bicyclic) bond motifs is 2. The van der Waals surface area contributed by atoms with Gasteiger partial charge in [-0.3, -0.25) is 4.79 Å². The number of carbonyl (C=O) groups is 1. The molecule has 26 heavy (non-hydrogen) atoms. The molecule has 0 unspecified atom stereocenters. The van der Waals surface area contributed by atoms with E-state index in [1.807, 2.05) is 16.8 Å². The lowest BCUT2D eigenvalue weighted by atomic mass is 9.71. The average Bonchev–Trinajstić information content (AvgIpc) is 2.95. The summed E-state index contributed by atoms with van der Waals surface area (Å²) in [7, 11) is 0. The molecule has 2 aromatic rings. The summed E-state index contributed by atoms with van der Waals surface area (Å²) in [6.07, 6.45) is 2.75. The lowest BCUT2D eigenvalue weighted by Crippen LogP contribution is -2.42. The summed E-state index contributed by atoms with van der Waals surface area (Å²) < 4.78 is 1.92. The van der Waals surface area contributed by atoms with Crippen molar-refractivity contribution in [3.63, 3.8) is 0 Å². The highest BCUT2D eigenvalue weighted by Crippen LogP contribution is 2.46. The predicted molar refractivity (Wildman–Crippen MR) is 104 cm³/mol. The quantitative estimate of drug-likeness (QED) is 0.822. The van der Waals surface area contributed by atoms with E-state index in [2.05, 4.69) is 56.2 Å². The number of carbonyl (C=O) groups excluding carboxylic acids is 1. The zero-order chi connectivity index (χ0) is 18.5. The third kappa shape index (κ3) is 2.86. The zero-order valence-electron chi connectivity index (χ0n) is 15.6. The van der Waals surface area contributed by atoms with Gasteiger partial charge in [0, 0.05) is 12.1 Å². The van der Waals surface area contributed by atoms with Gasteiger partial charge in [-0.2, -0.15) is 4.98 Å². The van der Waals surface area contributed by atoms with Gasteiger partial charge in [-0.25, -0.2) is 4.68 Å². The molecular weight excluding hydrogens is 344 g/mol. The predicted octanol–water partition coefficient (Wildman–Crippen LogP) is 4.21. The van der Waals surface area contributed by atoms with Gasteiger partial charge < -0.3 is 5.32 Å². The monoisotopic (exact) mass is 368 g/mol. The van der Waals surface area contributed by atoms with Gasteiger partial charge in [-0.15, -0.1) is 5.10 Å². The van der Waals surface area contributed by atoms with Gasteiger partial charge >= 0.3 is 0 Å². The largest absolute Gasteiger partial charge is 0.328 e. The van der Waals surface area contributed by atoms with E-state index in [0.717, 1.165) is 28.1 Å². The second-order valence-corrected chi connectivity index (χ2v) is 8.96. The molecule has 4 rings (SSSR count). The van der Waals surface area contributed by atoms with E-state index in [-0.39, 0.29) is 23.2 Å². The van der Waals surface area contributed by atoms with Crippen LogP contribution in [0.1, 0.15) is 44.4 Å². The van der Waals surface area contributed by atoms with Crippen molar-refractivity contribution in [2.24, 2.45) is 11.3 Å². The molecule has 0 radical (unpaired) electrons. The van der Waals surface area contributed by atoms with Crippen molar-refractivity contribution in [3.05, 3.63) is 47.2 Å². The lowest BCUT2D eigenvalue weighted by molar-refractivity contribution is -0.125. The van der Waals surface area contributed by atoms with E-state index in [1.54, 1.807) is 11.8 Å². The SMILES string of the molecule is CCSc1nc2n(n1)[C@@H](c1ccccc1C)[C@@H]1C(=O)CC(C)(C)C=C1N2. The number of allylic oxidation sites excluding steroid dienone is 2. The molecule has 0 fully saturated rings. The average molecular weight is 369 g/mol. The molecular formula is C20H24N4OS. The molecule has 5 nitrogen and oxygen atoms in total. The Labute approximate surface area is 158 Å². The Balaban J connectivity index is 1.91. The number of hydrogen-bond acceptors (Lipinski definition) is 5. The number of benzene rings is 1. The van der Waals surface area contributed by atoms with Crippen LogP contribution in [0.3, 0.4) is 0 Å². The van der Waals surface area contributed by atoms with Crippen molar-refractivity contribution in [2.75, 3.05) is 11.1 Å². The first-order valence-corrected chi connectivity index (χ1v) is 10.1. The molecule has 1 aliphatic carbocycles. The molecule has 1 aromatic carbocycles. The van der Waals surface area contributed by atoms with Crippen LogP contribution in [0.15, 0.2) is 41.2 Å². The maximum atomic E-state index is 13.1. The van der Waals surface area contributed by atoms with Crippen LogP contribution in [-0.4, -0.2) is 26.3 Å². The lowest BCUT2D eigenvalue weighted by Gasteiger charge is -2.40. The minimum Gasteiger partial charge on any atom is -0.328 e. The number of rotatable bonds is 3. The van der Waals surface area contributed by atoms with Crippen LogP contribution in [-0.2, 0) is 4.79 Å². The van der Waals surface area contributed by atoms with Gasteiger partial charge in [-0.1, -0.05) is 62.9 Å². The smallest absolute Gasteiger partial charge is 0.227 e.